The van der Waals surface area contributed by atoms with Gasteiger partial charge in [0.05, 0.1) is 46.8 Å². The largest absolute Gasteiger partial charge is 0.481 e. The van der Waals surface area contributed by atoms with Gasteiger partial charge in [-0.3, -0.25) is 14.4 Å². The first-order valence-corrected chi connectivity index (χ1v) is 44.5. The molecule has 13 rings (SSSR count). The van der Waals surface area contributed by atoms with Gasteiger partial charge in [0.25, 0.3) is 0 Å². The van der Waals surface area contributed by atoms with Gasteiger partial charge in [0.15, 0.2) is 33.3 Å². The van der Waals surface area contributed by atoms with E-state index >= 15 is 0 Å². The first-order chi connectivity index (χ1) is 37.7. The second-order valence-corrected chi connectivity index (χ2v) is 53.6. The molecule has 0 unspecified atom stereocenters. The molecule has 0 radical (unpaired) electrons. The first-order valence-electron chi connectivity index (χ1n) is 32.8. The Morgan fingerprint density at radius 3 is 1.00 bits per heavy atom. The lowest BCUT2D eigenvalue weighted by molar-refractivity contribution is -0.167. The van der Waals surface area contributed by atoms with Gasteiger partial charge >= 0.3 is 17.9 Å². The summed E-state index contributed by atoms with van der Waals surface area (Å²) < 4.78 is 37.7. The fourth-order valence-corrected chi connectivity index (χ4v) is 21.1. The molecule has 3 N–H and O–H groups in total. The van der Waals surface area contributed by atoms with Crippen LogP contribution in [0, 0.1) is 16.2 Å². The minimum Gasteiger partial charge on any atom is -0.481 e. The van der Waals surface area contributed by atoms with Gasteiger partial charge in [0.2, 0.25) is 0 Å². The smallest absolute Gasteiger partial charge is 0.311 e. The number of esters is 2. The van der Waals surface area contributed by atoms with E-state index in [1.54, 1.807) is 0 Å². The molecular weight excluding hydrogens is 1100 g/mol. The monoisotopic (exact) mass is 1230 g/mol. The molecule has 0 aliphatic heterocycles. The van der Waals surface area contributed by atoms with Crippen LogP contribution in [0.1, 0.15) is 249 Å². The lowest BCUT2D eigenvalue weighted by atomic mass is 9.57. The standard InChI is InChI=1S/C23H36O3Si.C16H30O3Si.C15H28O3Si.C14H29NOSi/c1-21(2,3)27(4,5)26-23-14-11-22(12-15-23,13-16-23)17-20(24)25-18-19-9-7-6-8-10-19;1-14(2,3)20(5,6)19-16-10-7-15(8-11-16,9-12-16)13(17)18-4;1-13(2,3)19(4,5)18-15-9-6-14(7-10-15,8-11-15)12(16)17;1-12(2,3)17(4,5)16-14-9-6-13(15,7-10-14)8-11-14/h6-10H,11-18H2,1-5H3;7-12H2,1-6H3;6-11H2,1-5H3,(H,16,17);6-11,15H2,1-5H3. The summed E-state index contributed by atoms with van der Waals surface area (Å²) in [6.07, 6.45) is 25.3. The molecule has 12 aliphatic carbocycles. The number of carbonyl (C=O) groups excluding carboxylic acids is 2. The van der Waals surface area contributed by atoms with Crippen LogP contribution in [-0.2, 0) is 48.2 Å². The quantitative estimate of drug-likeness (QED) is 0.135. The fourth-order valence-electron chi connectivity index (χ4n) is 14.3. The van der Waals surface area contributed by atoms with E-state index in [0.29, 0.717) is 18.1 Å². The molecule has 83 heavy (non-hydrogen) atoms. The molecule has 0 heterocycles. The highest BCUT2D eigenvalue weighted by molar-refractivity contribution is 6.75. The van der Waals surface area contributed by atoms with Gasteiger partial charge in [-0.05, 0) is 238 Å². The Balaban J connectivity index is 0.000000181. The summed E-state index contributed by atoms with van der Waals surface area (Å²) in [6, 6.07) is 9.93. The van der Waals surface area contributed by atoms with Crippen molar-refractivity contribution in [2.24, 2.45) is 22.0 Å². The summed E-state index contributed by atoms with van der Waals surface area (Å²) in [5.74, 6) is -0.634. The summed E-state index contributed by atoms with van der Waals surface area (Å²) in [6.45, 7) is 46.7. The normalized spacial score (nSPS) is 33.4. The maximum absolute atomic E-state index is 12.5. The van der Waals surface area contributed by atoms with Crippen LogP contribution in [0.15, 0.2) is 30.3 Å². The molecule has 8 bridgehead atoms. The number of fused-ring (bicyclic) bond motifs is 12. The molecule has 1 aromatic rings. The van der Waals surface area contributed by atoms with Crippen molar-refractivity contribution in [1.29, 1.82) is 0 Å². The van der Waals surface area contributed by atoms with E-state index in [1.807, 2.05) is 30.3 Å². The number of hydrogen-bond donors (Lipinski definition) is 2. The SMILES string of the molecule is CC(C)(C)[Si](C)(C)OC12CCC(C(=O)O)(CC1)CC2.CC(C)(C)[Si](C)(C)OC12CCC(CC(=O)OCc3ccccc3)(CC1)CC2.CC(C)(C)[Si](C)(C)OC12CCC(N)(CC1)CC2.COC(=O)C12CCC(O[Si](C)(C)C(C)(C)C)(CC1)CC2. The van der Waals surface area contributed by atoms with Crippen molar-refractivity contribution < 1.29 is 46.7 Å². The van der Waals surface area contributed by atoms with Crippen LogP contribution >= 0.6 is 0 Å². The van der Waals surface area contributed by atoms with Crippen molar-refractivity contribution in [3.63, 3.8) is 0 Å². The maximum Gasteiger partial charge on any atom is 0.311 e. The zero-order chi connectivity index (χ0) is 62.5. The third kappa shape index (κ3) is 16.2. The summed E-state index contributed by atoms with van der Waals surface area (Å²) >= 11 is 0. The lowest BCUT2D eigenvalue weighted by Crippen LogP contribution is -2.59. The van der Waals surface area contributed by atoms with Gasteiger partial charge in [-0.2, -0.15) is 0 Å². The fraction of sp³-hybridized carbons (Fsp3) is 0.868. The third-order valence-corrected chi connectivity index (χ3v) is 43.1. The molecule has 476 valence electrons. The highest BCUT2D eigenvalue weighted by atomic mass is 28.4. The lowest BCUT2D eigenvalue weighted by Gasteiger charge is -2.56. The number of carboxylic acids is 1. The van der Waals surface area contributed by atoms with Gasteiger partial charge in [0.1, 0.15) is 6.61 Å². The van der Waals surface area contributed by atoms with E-state index in [-0.39, 0.29) is 65.8 Å². The number of rotatable bonds is 14. The molecule has 11 nitrogen and oxygen atoms in total. The summed E-state index contributed by atoms with van der Waals surface area (Å²) in [5, 5.41) is 10.5. The van der Waals surface area contributed by atoms with Crippen LogP contribution in [-0.4, -0.2) is 91.3 Å². The van der Waals surface area contributed by atoms with Crippen LogP contribution in [0.25, 0.3) is 0 Å². The van der Waals surface area contributed by atoms with Crippen LogP contribution in [0.5, 0.6) is 0 Å². The van der Waals surface area contributed by atoms with Crippen molar-refractivity contribution >= 4 is 51.2 Å². The molecule has 0 amide bonds. The minimum absolute atomic E-state index is 0.00173. The molecule has 0 spiro atoms. The zero-order valence-corrected chi connectivity index (χ0v) is 61.0. The van der Waals surface area contributed by atoms with Crippen LogP contribution in [0.2, 0.25) is 72.5 Å². The van der Waals surface area contributed by atoms with E-state index < -0.39 is 44.7 Å². The molecule has 0 saturated heterocycles. The predicted molar refractivity (Wildman–Crippen MR) is 350 cm³/mol. The summed E-state index contributed by atoms with van der Waals surface area (Å²) in [5.41, 5.74) is 7.36. The van der Waals surface area contributed by atoms with Crippen molar-refractivity contribution in [3.05, 3.63) is 35.9 Å². The molecule has 15 heteroatoms. The molecule has 12 saturated carbocycles. The number of benzene rings is 1. The Kier molecular flexibility index (Phi) is 20.9. The molecule has 12 aliphatic rings. The van der Waals surface area contributed by atoms with E-state index in [4.69, 9.17) is 32.9 Å². The van der Waals surface area contributed by atoms with Gasteiger partial charge in [-0.1, -0.05) is 113 Å². The Morgan fingerprint density at radius 1 is 0.446 bits per heavy atom. The second-order valence-electron chi connectivity index (χ2n) is 34.7. The van der Waals surface area contributed by atoms with Crippen molar-refractivity contribution in [2.75, 3.05) is 7.11 Å². The average molecular weight is 1230 g/mol. The summed E-state index contributed by atoms with van der Waals surface area (Å²) in [7, 11) is -5.37. The Labute approximate surface area is 510 Å². The summed E-state index contributed by atoms with van der Waals surface area (Å²) in [4.78, 5) is 35.9. The Hall–Kier alpha value is -1.70. The maximum atomic E-state index is 12.5. The van der Waals surface area contributed by atoms with Crippen LogP contribution in [0.4, 0.5) is 0 Å². The molecular formula is C68H123NO10Si4. The van der Waals surface area contributed by atoms with Crippen LogP contribution < -0.4 is 5.73 Å². The number of carbonyl (C=O) groups is 3. The van der Waals surface area contributed by atoms with E-state index in [2.05, 4.69) is 135 Å². The average Bonchev–Trinajstić information content (AvgIpc) is 3.19. The van der Waals surface area contributed by atoms with E-state index in [1.165, 1.54) is 45.6 Å². The molecule has 1 aromatic carbocycles. The molecule has 0 atom stereocenters. The predicted octanol–water partition coefficient (Wildman–Crippen LogP) is 18.5. The highest BCUT2D eigenvalue weighted by Crippen LogP contribution is 2.60. The van der Waals surface area contributed by atoms with Gasteiger partial charge < -0.3 is 38.0 Å². The number of ether oxygens (including phenoxy) is 2. The first kappa shape index (κ1) is 70.4. The number of methoxy groups -OCH3 is 1. The van der Waals surface area contributed by atoms with E-state index in [0.717, 1.165) is 121 Å². The van der Waals surface area contributed by atoms with Gasteiger partial charge in [-0.15, -0.1) is 0 Å². The number of nitrogens with two attached hydrogens (primary N) is 1. The van der Waals surface area contributed by atoms with Gasteiger partial charge in [0, 0.05) is 5.54 Å². The van der Waals surface area contributed by atoms with Crippen molar-refractivity contribution in [3.8, 4) is 0 Å². The minimum atomic E-state index is -1.76. The Morgan fingerprint density at radius 2 is 0.723 bits per heavy atom. The topological polar surface area (TPSA) is 153 Å². The zero-order valence-electron chi connectivity index (χ0n) is 57.0. The third-order valence-electron chi connectivity index (χ3n) is 24.9. The second kappa shape index (κ2) is 24.6. The van der Waals surface area contributed by atoms with Gasteiger partial charge in [-0.25, -0.2) is 0 Å². The number of hydrogen-bond acceptors (Lipinski definition) is 10. The van der Waals surface area contributed by atoms with Crippen molar-refractivity contribution in [1.82, 2.24) is 0 Å². The van der Waals surface area contributed by atoms with E-state index in [9.17, 15) is 19.5 Å². The van der Waals surface area contributed by atoms with Crippen molar-refractivity contribution in [2.45, 2.75) is 351 Å². The van der Waals surface area contributed by atoms with Crippen LogP contribution in [0.3, 0.4) is 0 Å². The number of aliphatic carboxylic acids is 1. The Bertz CT molecular complexity index is 2290. The molecule has 0 aromatic heterocycles. The molecule has 12 fully saturated rings. The number of carboxylic acid groups (broad SMARTS) is 1. The highest BCUT2D eigenvalue weighted by Gasteiger charge is 2.59.